The summed E-state index contributed by atoms with van der Waals surface area (Å²) in [5.74, 6) is 0.825. The molecule has 0 bridgehead atoms. The molecular weight excluding hydrogens is 252 g/mol. The Morgan fingerprint density at radius 1 is 1.40 bits per heavy atom. The smallest absolute Gasteiger partial charge is 0.224 e. The van der Waals surface area contributed by atoms with Gasteiger partial charge in [0.25, 0.3) is 0 Å². The second-order valence-electron chi connectivity index (χ2n) is 5.34. The Balaban J connectivity index is 1.61. The topological polar surface area (TPSA) is 41.6 Å². The number of likely N-dealkylation sites (tertiary alicyclic amines) is 1. The lowest BCUT2D eigenvalue weighted by Crippen LogP contribution is -2.30. The fourth-order valence-corrected chi connectivity index (χ4v) is 2.60. The third-order valence-electron chi connectivity index (χ3n) is 3.70. The van der Waals surface area contributed by atoms with E-state index in [0.717, 1.165) is 31.6 Å². The van der Waals surface area contributed by atoms with Gasteiger partial charge >= 0.3 is 0 Å². The van der Waals surface area contributed by atoms with Gasteiger partial charge < -0.3 is 15.0 Å². The Labute approximate surface area is 121 Å². The SMILES string of the molecule is CNCC1CCN(C(=O)CCOCc2ccccc2)C1. The normalized spacial score (nSPS) is 18.4. The summed E-state index contributed by atoms with van der Waals surface area (Å²) >= 11 is 0. The zero-order valence-electron chi connectivity index (χ0n) is 12.2. The van der Waals surface area contributed by atoms with Crippen LogP contribution >= 0.6 is 0 Å². The summed E-state index contributed by atoms with van der Waals surface area (Å²) in [5, 5.41) is 3.18. The summed E-state index contributed by atoms with van der Waals surface area (Å²) in [6, 6.07) is 10.0. The summed E-state index contributed by atoms with van der Waals surface area (Å²) < 4.78 is 5.56. The number of ether oxygens (including phenoxy) is 1. The van der Waals surface area contributed by atoms with Crippen molar-refractivity contribution in [2.45, 2.75) is 19.4 Å². The molecule has 1 unspecified atom stereocenters. The molecule has 1 amide bonds. The number of rotatable bonds is 7. The molecule has 1 saturated heterocycles. The number of benzene rings is 1. The second-order valence-corrected chi connectivity index (χ2v) is 5.34. The number of nitrogens with one attached hydrogen (secondary N) is 1. The van der Waals surface area contributed by atoms with Crippen molar-refractivity contribution < 1.29 is 9.53 Å². The van der Waals surface area contributed by atoms with Crippen LogP contribution in [0.3, 0.4) is 0 Å². The van der Waals surface area contributed by atoms with Crippen LogP contribution in [-0.4, -0.2) is 44.1 Å². The number of hydrogen-bond donors (Lipinski definition) is 1. The van der Waals surface area contributed by atoms with Crippen molar-refractivity contribution in [1.29, 1.82) is 0 Å². The number of hydrogen-bond acceptors (Lipinski definition) is 3. The maximum Gasteiger partial charge on any atom is 0.224 e. The van der Waals surface area contributed by atoms with Gasteiger partial charge in [-0.25, -0.2) is 0 Å². The monoisotopic (exact) mass is 276 g/mol. The van der Waals surface area contributed by atoms with Crippen LogP contribution in [0.5, 0.6) is 0 Å². The zero-order valence-corrected chi connectivity index (χ0v) is 12.2. The third kappa shape index (κ3) is 4.62. The van der Waals surface area contributed by atoms with E-state index in [-0.39, 0.29) is 5.91 Å². The van der Waals surface area contributed by atoms with Crippen molar-refractivity contribution >= 4 is 5.91 Å². The highest BCUT2D eigenvalue weighted by Gasteiger charge is 2.25. The highest BCUT2D eigenvalue weighted by Crippen LogP contribution is 2.16. The van der Waals surface area contributed by atoms with Crippen molar-refractivity contribution in [1.82, 2.24) is 10.2 Å². The Kier molecular flexibility index (Phi) is 6.02. The van der Waals surface area contributed by atoms with E-state index in [9.17, 15) is 4.79 Å². The Morgan fingerprint density at radius 2 is 2.20 bits per heavy atom. The first-order valence-electron chi connectivity index (χ1n) is 7.33. The maximum atomic E-state index is 12.0. The molecule has 1 heterocycles. The Morgan fingerprint density at radius 3 is 2.95 bits per heavy atom. The van der Waals surface area contributed by atoms with Crippen LogP contribution in [0.15, 0.2) is 30.3 Å². The molecule has 1 atom stereocenters. The third-order valence-corrected chi connectivity index (χ3v) is 3.70. The van der Waals surface area contributed by atoms with Crippen LogP contribution < -0.4 is 5.32 Å². The van der Waals surface area contributed by atoms with Crippen LogP contribution in [0.1, 0.15) is 18.4 Å². The van der Waals surface area contributed by atoms with Gasteiger partial charge in [0, 0.05) is 13.1 Å². The van der Waals surface area contributed by atoms with E-state index in [0.29, 0.717) is 25.6 Å². The van der Waals surface area contributed by atoms with E-state index in [1.54, 1.807) is 0 Å². The molecule has 1 aromatic rings. The van der Waals surface area contributed by atoms with E-state index in [2.05, 4.69) is 5.32 Å². The predicted octanol–water partition coefficient (Wildman–Crippen LogP) is 1.66. The van der Waals surface area contributed by atoms with Gasteiger partial charge in [0.2, 0.25) is 5.91 Å². The number of nitrogens with zero attached hydrogens (tertiary/aromatic N) is 1. The minimum absolute atomic E-state index is 0.219. The molecule has 0 aromatic heterocycles. The lowest BCUT2D eigenvalue weighted by atomic mass is 10.1. The summed E-state index contributed by atoms with van der Waals surface area (Å²) in [6.45, 7) is 3.86. The Bertz CT molecular complexity index is 408. The van der Waals surface area contributed by atoms with Crippen LogP contribution in [0, 0.1) is 5.92 Å². The van der Waals surface area contributed by atoms with Crippen LogP contribution in [0.25, 0.3) is 0 Å². The molecular formula is C16H24N2O2. The van der Waals surface area contributed by atoms with Crippen molar-refractivity contribution in [3.8, 4) is 0 Å². The minimum atomic E-state index is 0.219. The summed E-state index contributed by atoms with van der Waals surface area (Å²) in [4.78, 5) is 14.0. The fraction of sp³-hybridized carbons (Fsp3) is 0.562. The standard InChI is InChI=1S/C16H24N2O2/c1-17-11-15-7-9-18(12-15)16(19)8-10-20-13-14-5-3-2-4-6-14/h2-6,15,17H,7-13H2,1H3. The van der Waals surface area contributed by atoms with E-state index >= 15 is 0 Å². The average molecular weight is 276 g/mol. The number of carbonyl (C=O) groups is 1. The van der Waals surface area contributed by atoms with Gasteiger partial charge in [-0.15, -0.1) is 0 Å². The fourth-order valence-electron chi connectivity index (χ4n) is 2.60. The number of amides is 1. The van der Waals surface area contributed by atoms with Crippen molar-refractivity contribution in [2.24, 2.45) is 5.92 Å². The van der Waals surface area contributed by atoms with Gasteiger partial charge in [-0.1, -0.05) is 30.3 Å². The molecule has 1 fully saturated rings. The summed E-state index contributed by atoms with van der Waals surface area (Å²) in [6.07, 6.45) is 1.59. The van der Waals surface area contributed by atoms with E-state index in [1.807, 2.05) is 42.3 Å². The molecule has 0 spiro atoms. The van der Waals surface area contributed by atoms with Gasteiger partial charge in [-0.05, 0) is 31.5 Å². The molecule has 0 saturated carbocycles. The first kappa shape index (κ1) is 15.0. The second kappa shape index (κ2) is 8.02. The lowest BCUT2D eigenvalue weighted by molar-refractivity contribution is -0.131. The van der Waals surface area contributed by atoms with Gasteiger partial charge in [0.1, 0.15) is 0 Å². The largest absolute Gasteiger partial charge is 0.376 e. The summed E-state index contributed by atoms with van der Waals surface area (Å²) in [7, 11) is 1.96. The predicted molar refractivity (Wildman–Crippen MR) is 79.3 cm³/mol. The Hall–Kier alpha value is -1.39. The quantitative estimate of drug-likeness (QED) is 0.770. The molecule has 4 nitrogen and oxygen atoms in total. The molecule has 1 aliphatic rings. The van der Waals surface area contributed by atoms with E-state index in [4.69, 9.17) is 4.74 Å². The molecule has 0 aliphatic carbocycles. The van der Waals surface area contributed by atoms with Crippen molar-refractivity contribution in [2.75, 3.05) is 33.3 Å². The molecule has 110 valence electrons. The molecule has 1 aromatic carbocycles. The van der Waals surface area contributed by atoms with E-state index < -0.39 is 0 Å². The van der Waals surface area contributed by atoms with E-state index in [1.165, 1.54) is 0 Å². The molecule has 1 N–H and O–H groups in total. The van der Waals surface area contributed by atoms with Gasteiger partial charge in [0.15, 0.2) is 0 Å². The van der Waals surface area contributed by atoms with Gasteiger partial charge in [-0.3, -0.25) is 4.79 Å². The van der Waals surface area contributed by atoms with Crippen LogP contribution in [-0.2, 0) is 16.1 Å². The average Bonchev–Trinajstić information content (AvgIpc) is 2.94. The first-order chi connectivity index (χ1) is 9.79. The van der Waals surface area contributed by atoms with Crippen molar-refractivity contribution in [3.05, 3.63) is 35.9 Å². The maximum absolute atomic E-state index is 12.0. The highest BCUT2D eigenvalue weighted by molar-refractivity contribution is 5.76. The highest BCUT2D eigenvalue weighted by atomic mass is 16.5. The van der Waals surface area contributed by atoms with Crippen LogP contribution in [0.4, 0.5) is 0 Å². The molecule has 1 aliphatic heterocycles. The molecule has 0 radical (unpaired) electrons. The zero-order chi connectivity index (χ0) is 14.2. The summed E-state index contributed by atoms with van der Waals surface area (Å²) in [5.41, 5.74) is 1.15. The lowest BCUT2D eigenvalue weighted by Gasteiger charge is -2.16. The number of carbonyl (C=O) groups excluding carboxylic acids is 1. The molecule has 4 heteroatoms. The molecule has 2 rings (SSSR count). The van der Waals surface area contributed by atoms with Gasteiger partial charge in [-0.2, -0.15) is 0 Å². The first-order valence-corrected chi connectivity index (χ1v) is 7.33. The van der Waals surface area contributed by atoms with Crippen molar-refractivity contribution in [3.63, 3.8) is 0 Å². The molecule has 20 heavy (non-hydrogen) atoms. The van der Waals surface area contributed by atoms with Gasteiger partial charge in [0.05, 0.1) is 19.6 Å². The minimum Gasteiger partial charge on any atom is -0.376 e. The van der Waals surface area contributed by atoms with Crippen LogP contribution in [0.2, 0.25) is 0 Å².